The summed E-state index contributed by atoms with van der Waals surface area (Å²) in [5, 5.41) is 11.3. The Balaban J connectivity index is 1.85. The number of likely N-dealkylation sites (N-methyl/N-ethyl adjacent to an activating group) is 1. The van der Waals surface area contributed by atoms with Crippen LogP contribution in [0.3, 0.4) is 0 Å². The molecule has 2 aromatic rings. The number of carbonyl (C=O) groups is 1. The second kappa shape index (κ2) is 7.64. The molecule has 0 unspecified atom stereocenters. The van der Waals surface area contributed by atoms with E-state index in [0.717, 1.165) is 25.1 Å². The van der Waals surface area contributed by atoms with Crippen molar-refractivity contribution in [3.63, 3.8) is 0 Å². The third kappa shape index (κ3) is 3.81. The molecule has 0 saturated heterocycles. The minimum Gasteiger partial charge on any atom is -0.458 e. The van der Waals surface area contributed by atoms with Crippen molar-refractivity contribution in [2.75, 3.05) is 26.7 Å². The highest BCUT2D eigenvalue weighted by molar-refractivity contribution is 5.85. The van der Waals surface area contributed by atoms with E-state index in [1.807, 2.05) is 19.2 Å². The van der Waals surface area contributed by atoms with Crippen LogP contribution in [0.5, 0.6) is 0 Å². The average molecular weight is 337 g/mol. The Morgan fingerprint density at radius 1 is 1.08 bits per heavy atom. The largest absolute Gasteiger partial charge is 0.458 e. The summed E-state index contributed by atoms with van der Waals surface area (Å²) in [6, 6.07) is 17.9. The molecule has 0 spiro atoms. The maximum atomic E-state index is 12.9. The lowest BCUT2D eigenvalue weighted by Crippen LogP contribution is -2.39. The van der Waals surface area contributed by atoms with Crippen molar-refractivity contribution in [1.29, 1.82) is 0 Å². The van der Waals surface area contributed by atoms with Gasteiger partial charge in [-0.05, 0) is 30.2 Å². The number of rotatable bonds is 5. The molecular formula is C21H23NO3. The van der Waals surface area contributed by atoms with Crippen LogP contribution in [0.25, 0.3) is 0 Å². The summed E-state index contributed by atoms with van der Waals surface area (Å²) in [6.45, 7) is 1.99. The lowest BCUT2D eigenvalue weighted by Gasteiger charge is -2.28. The van der Waals surface area contributed by atoms with Crippen molar-refractivity contribution in [2.45, 2.75) is 12.0 Å². The topological polar surface area (TPSA) is 49.8 Å². The summed E-state index contributed by atoms with van der Waals surface area (Å²) in [5.41, 5.74) is 0.247. The fourth-order valence-corrected chi connectivity index (χ4v) is 3.11. The highest BCUT2D eigenvalue weighted by Crippen LogP contribution is 2.31. The second-order valence-electron chi connectivity index (χ2n) is 6.41. The Bertz CT molecular complexity index is 701. The van der Waals surface area contributed by atoms with Crippen molar-refractivity contribution in [1.82, 2.24) is 4.90 Å². The van der Waals surface area contributed by atoms with Crippen molar-refractivity contribution in [2.24, 2.45) is 0 Å². The molecular weight excluding hydrogens is 314 g/mol. The molecule has 0 atom stereocenters. The third-order valence-corrected chi connectivity index (χ3v) is 4.48. The zero-order valence-corrected chi connectivity index (χ0v) is 14.4. The zero-order chi connectivity index (χ0) is 17.7. The van der Waals surface area contributed by atoms with E-state index in [4.69, 9.17) is 4.74 Å². The molecule has 1 N–H and O–H groups in total. The van der Waals surface area contributed by atoms with E-state index in [0.29, 0.717) is 11.1 Å². The number of ether oxygens (including phenoxy) is 1. The van der Waals surface area contributed by atoms with Gasteiger partial charge >= 0.3 is 5.97 Å². The van der Waals surface area contributed by atoms with E-state index in [-0.39, 0.29) is 6.61 Å². The Morgan fingerprint density at radius 3 is 2.16 bits per heavy atom. The van der Waals surface area contributed by atoms with Crippen LogP contribution in [0.4, 0.5) is 0 Å². The number of hydrogen-bond donors (Lipinski definition) is 1. The summed E-state index contributed by atoms with van der Waals surface area (Å²) in [7, 11) is 2.04. The molecule has 0 radical (unpaired) electrons. The van der Waals surface area contributed by atoms with Gasteiger partial charge in [0.15, 0.2) is 0 Å². The molecule has 0 amide bonds. The molecule has 0 bridgehead atoms. The van der Waals surface area contributed by atoms with Crippen LogP contribution in [0.1, 0.15) is 17.5 Å². The van der Waals surface area contributed by atoms with Crippen LogP contribution < -0.4 is 0 Å². The number of esters is 1. The molecule has 2 aromatic carbocycles. The molecule has 4 nitrogen and oxygen atoms in total. The van der Waals surface area contributed by atoms with Gasteiger partial charge in [0.25, 0.3) is 0 Å². The van der Waals surface area contributed by atoms with Gasteiger partial charge in [0.1, 0.15) is 6.61 Å². The first-order valence-electron chi connectivity index (χ1n) is 8.48. The van der Waals surface area contributed by atoms with Crippen LogP contribution in [-0.2, 0) is 15.1 Å². The molecule has 0 aromatic heterocycles. The Kier molecular flexibility index (Phi) is 5.31. The molecule has 25 heavy (non-hydrogen) atoms. The number of aliphatic hydroxyl groups is 1. The highest BCUT2D eigenvalue weighted by Gasteiger charge is 2.41. The SMILES string of the molecule is CN1CCC=C(COC(=O)C(O)(c2ccccc2)c2ccccc2)C1. The zero-order valence-electron chi connectivity index (χ0n) is 14.4. The van der Waals surface area contributed by atoms with E-state index >= 15 is 0 Å². The van der Waals surface area contributed by atoms with Crippen LogP contribution in [0.2, 0.25) is 0 Å². The summed E-state index contributed by atoms with van der Waals surface area (Å²) in [5.74, 6) is -0.654. The minimum atomic E-state index is -1.82. The van der Waals surface area contributed by atoms with Crippen LogP contribution in [0, 0.1) is 0 Å². The minimum absolute atomic E-state index is 0.200. The molecule has 1 aliphatic rings. The van der Waals surface area contributed by atoms with Gasteiger partial charge in [-0.25, -0.2) is 4.79 Å². The molecule has 4 heteroatoms. The van der Waals surface area contributed by atoms with Gasteiger partial charge in [0, 0.05) is 13.1 Å². The predicted octanol–water partition coefficient (Wildman–Crippen LogP) is 2.73. The van der Waals surface area contributed by atoms with Crippen molar-refractivity contribution in [3.05, 3.63) is 83.4 Å². The van der Waals surface area contributed by atoms with Gasteiger partial charge in [-0.15, -0.1) is 0 Å². The number of nitrogens with zero attached hydrogens (tertiary/aromatic N) is 1. The van der Waals surface area contributed by atoms with Gasteiger partial charge in [0.05, 0.1) is 0 Å². The first kappa shape index (κ1) is 17.4. The Hall–Kier alpha value is -2.43. The molecule has 1 aliphatic heterocycles. The molecule has 0 aliphatic carbocycles. The van der Waals surface area contributed by atoms with E-state index in [1.54, 1.807) is 48.5 Å². The number of hydrogen-bond acceptors (Lipinski definition) is 4. The summed E-state index contributed by atoms with van der Waals surface area (Å²) >= 11 is 0. The first-order chi connectivity index (χ1) is 12.1. The fourth-order valence-electron chi connectivity index (χ4n) is 3.11. The van der Waals surface area contributed by atoms with Crippen molar-refractivity contribution >= 4 is 5.97 Å². The Morgan fingerprint density at radius 2 is 1.64 bits per heavy atom. The summed E-state index contributed by atoms with van der Waals surface area (Å²) in [6.07, 6.45) is 3.06. The lowest BCUT2D eigenvalue weighted by molar-refractivity contribution is -0.161. The van der Waals surface area contributed by atoms with Gasteiger partial charge in [-0.1, -0.05) is 66.7 Å². The van der Waals surface area contributed by atoms with Gasteiger partial charge < -0.3 is 14.7 Å². The van der Waals surface area contributed by atoms with Crippen molar-refractivity contribution in [3.8, 4) is 0 Å². The molecule has 0 fully saturated rings. The monoisotopic (exact) mass is 337 g/mol. The first-order valence-corrected chi connectivity index (χ1v) is 8.48. The lowest BCUT2D eigenvalue weighted by atomic mass is 9.86. The van der Waals surface area contributed by atoms with Gasteiger partial charge in [-0.2, -0.15) is 0 Å². The highest BCUT2D eigenvalue weighted by atomic mass is 16.5. The van der Waals surface area contributed by atoms with Crippen LogP contribution in [0.15, 0.2) is 72.3 Å². The Labute approximate surface area is 148 Å². The predicted molar refractivity (Wildman–Crippen MR) is 97.0 cm³/mol. The average Bonchev–Trinajstić information content (AvgIpc) is 2.67. The number of benzene rings is 2. The molecule has 1 heterocycles. The molecule has 130 valence electrons. The third-order valence-electron chi connectivity index (χ3n) is 4.48. The van der Waals surface area contributed by atoms with E-state index in [1.165, 1.54) is 0 Å². The van der Waals surface area contributed by atoms with E-state index < -0.39 is 11.6 Å². The summed E-state index contributed by atoms with van der Waals surface area (Å²) < 4.78 is 5.52. The quantitative estimate of drug-likeness (QED) is 0.673. The second-order valence-corrected chi connectivity index (χ2v) is 6.41. The standard InChI is InChI=1S/C21H23NO3/c1-22-14-8-9-17(15-22)16-25-20(23)21(24,18-10-4-2-5-11-18)19-12-6-3-7-13-19/h2-7,9-13,24H,8,14-16H2,1H3. The van der Waals surface area contributed by atoms with E-state index in [2.05, 4.69) is 11.0 Å². The maximum Gasteiger partial charge on any atom is 0.348 e. The van der Waals surface area contributed by atoms with Gasteiger partial charge in [-0.3, -0.25) is 0 Å². The summed E-state index contributed by atoms with van der Waals surface area (Å²) in [4.78, 5) is 15.1. The smallest absolute Gasteiger partial charge is 0.348 e. The normalized spacial score (nSPS) is 15.5. The van der Waals surface area contributed by atoms with Crippen LogP contribution in [-0.4, -0.2) is 42.7 Å². The molecule has 0 saturated carbocycles. The fraction of sp³-hybridized carbons (Fsp3) is 0.286. The number of carbonyl (C=O) groups excluding carboxylic acids is 1. The van der Waals surface area contributed by atoms with E-state index in [9.17, 15) is 9.90 Å². The van der Waals surface area contributed by atoms with Crippen molar-refractivity contribution < 1.29 is 14.6 Å². The molecule has 3 rings (SSSR count). The maximum absolute atomic E-state index is 12.9. The van der Waals surface area contributed by atoms with Gasteiger partial charge in [0.2, 0.25) is 5.60 Å². The van der Waals surface area contributed by atoms with Crippen LogP contribution >= 0.6 is 0 Å².